The summed E-state index contributed by atoms with van der Waals surface area (Å²) in [4.78, 5) is 15.5. The Hall–Kier alpha value is -3.67. The van der Waals surface area contributed by atoms with E-state index in [0.29, 0.717) is 0 Å². The first kappa shape index (κ1) is 22.5. The Balaban J connectivity index is 1.23. The number of nitrogens with zero attached hydrogens (tertiary/aromatic N) is 4. The standard InChI is InChI=1S/C31H34N6/c1-3-8-21(9-4-1)14-22-15-23(19-32-18-22)27-17-25-29(20-33-27)35-36-31(25)28-16-24-26(34-28)10-7-11-30(24)37-12-5-2-6-13-37/h7,10-11,15-21,34H,1-6,8-9,12-14H2,(H,35,36). The lowest BCUT2D eigenvalue weighted by molar-refractivity contribution is 0.356. The topological polar surface area (TPSA) is 73.5 Å². The molecular formula is C31H34N6. The molecule has 0 amide bonds. The second kappa shape index (κ2) is 9.66. The summed E-state index contributed by atoms with van der Waals surface area (Å²) in [6.07, 6.45) is 17.7. The van der Waals surface area contributed by atoms with Crippen molar-refractivity contribution >= 4 is 27.5 Å². The van der Waals surface area contributed by atoms with Gasteiger partial charge in [-0.1, -0.05) is 38.2 Å². The Kier molecular flexibility index (Phi) is 5.88. The van der Waals surface area contributed by atoms with Gasteiger partial charge in [-0.05, 0) is 67.5 Å². The van der Waals surface area contributed by atoms with Gasteiger partial charge in [0.15, 0.2) is 0 Å². The van der Waals surface area contributed by atoms with Crippen LogP contribution in [0.25, 0.3) is 44.5 Å². The number of aromatic amines is 2. The number of nitrogens with one attached hydrogen (secondary N) is 2. The first-order chi connectivity index (χ1) is 18.3. The van der Waals surface area contributed by atoms with E-state index >= 15 is 0 Å². The van der Waals surface area contributed by atoms with Crippen LogP contribution in [0.5, 0.6) is 0 Å². The lowest BCUT2D eigenvalue weighted by atomic mass is 9.85. The quantitative estimate of drug-likeness (QED) is 0.271. The minimum atomic E-state index is 0.790. The number of piperidine rings is 1. The number of anilines is 1. The molecule has 0 radical (unpaired) electrons. The van der Waals surface area contributed by atoms with E-state index in [2.05, 4.69) is 56.4 Å². The number of pyridine rings is 2. The Morgan fingerprint density at radius 3 is 2.59 bits per heavy atom. The maximum absolute atomic E-state index is 4.76. The number of benzene rings is 1. The van der Waals surface area contributed by atoms with Crippen LogP contribution in [0.1, 0.15) is 56.9 Å². The van der Waals surface area contributed by atoms with Crippen molar-refractivity contribution in [2.45, 2.75) is 57.8 Å². The number of H-pyrrole nitrogens is 2. The minimum absolute atomic E-state index is 0.790. The van der Waals surface area contributed by atoms with Gasteiger partial charge in [0.05, 0.1) is 23.1 Å². The highest BCUT2D eigenvalue weighted by molar-refractivity contribution is 6.00. The van der Waals surface area contributed by atoms with E-state index in [1.807, 2.05) is 18.6 Å². The zero-order valence-electron chi connectivity index (χ0n) is 21.3. The average molecular weight is 491 g/mol. The molecule has 1 aliphatic heterocycles. The van der Waals surface area contributed by atoms with Gasteiger partial charge in [-0.25, -0.2) is 0 Å². The van der Waals surface area contributed by atoms with Gasteiger partial charge in [-0.3, -0.25) is 15.1 Å². The molecule has 2 fully saturated rings. The summed E-state index contributed by atoms with van der Waals surface area (Å²) in [5.74, 6) is 0.790. The number of fused-ring (bicyclic) bond motifs is 2. The summed E-state index contributed by atoms with van der Waals surface area (Å²) in [6.45, 7) is 2.27. The van der Waals surface area contributed by atoms with Gasteiger partial charge in [0, 0.05) is 53.0 Å². The molecular weight excluding hydrogens is 456 g/mol. The van der Waals surface area contributed by atoms with Crippen molar-refractivity contribution in [2.75, 3.05) is 18.0 Å². The highest BCUT2D eigenvalue weighted by Crippen LogP contribution is 2.35. The summed E-state index contributed by atoms with van der Waals surface area (Å²) >= 11 is 0. The molecule has 7 rings (SSSR count). The summed E-state index contributed by atoms with van der Waals surface area (Å²) in [6, 6.07) is 13.3. The fourth-order valence-electron chi connectivity index (χ4n) is 6.42. The lowest BCUT2D eigenvalue weighted by Gasteiger charge is -2.29. The van der Waals surface area contributed by atoms with Gasteiger partial charge in [0.25, 0.3) is 0 Å². The Morgan fingerprint density at radius 1 is 0.838 bits per heavy atom. The first-order valence-electron chi connectivity index (χ1n) is 14.0. The summed E-state index contributed by atoms with van der Waals surface area (Å²) in [5.41, 5.74) is 8.73. The molecule has 5 heterocycles. The van der Waals surface area contributed by atoms with E-state index in [0.717, 1.165) is 64.5 Å². The molecule has 6 heteroatoms. The van der Waals surface area contributed by atoms with Gasteiger partial charge in [-0.2, -0.15) is 5.10 Å². The minimum Gasteiger partial charge on any atom is -0.371 e. The zero-order valence-corrected chi connectivity index (χ0v) is 21.3. The van der Waals surface area contributed by atoms with Crippen molar-refractivity contribution in [3.05, 3.63) is 60.6 Å². The summed E-state index contributed by atoms with van der Waals surface area (Å²) in [5, 5.41) is 10.2. The molecule has 1 saturated carbocycles. The van der Waals surface area contributed by atoms with Gasteiger partial charge in [-0.15, -0.1) is 0 Å². The molecule has 37 heavy (non-hydrogen) atoms. The van der Waals surface area contributed by atoms with Crippen LogP contribution in [0.4, 0.5) is 5.69 Å². The van der Waals surface area contributed by atoms with Gasteiger partial charge in [0.2, 0.25) is 0 Å². The van der Waals surface area contributed by atoms with Crippen LogP contribution < -0.4 is 4.90 Å². The lowest BCUT2D eigenvalue weighted by Crippen LogP contribution is -2.29. The van der Waals surface area contributed by atoms with Crippen molar-refractivity contribution in [1.82, 2.24) is 25.1 Å². The maximum atomic E-state index is 4.76. The van der Waals surface area contributed by atoms with E-state index < -0.39 is 0 Å². The van der Waals surface area contributed by atoms with Crippen molar-refractivity contribution in [1.29, 1.82) is 0 Å². The molecule has 0 atom stereocenters. The molecule has 0 spiro atoms. The van der Waals surface area contributed by atoms with Crippen LogP contribution in [-0.2, 0) is 6.42 Å². The molecule has 188 valence electrons. The molecule has 1 saturated heterocycles. The molecule has 2 N–H and O–H groups in total. The number of aromatic nitrogens is 5. The monoisotopic (exact) mass is 490 g/mol. The average Bonchev–Trinajstić information content (AvgIpc) is 3.58. The van der Waals surface area contributed by atoms with Crippen LogP contribution in [0, 0.1) is 5.92 Å². The van der Waals surface area contributed by atoms with Crippen LogP contribution in [0.15, 0.2) is 55.0 Å². The normalized spacial score (nSPS) is 17.1. The van der Waals surface area contributed by atoms with E-state index in [1.165, 1.54) is 68.0 Å². The number of rotatable bonds is 5. The number of hydrogen-bond donors (Lipinski definition) is 2. The molecule has 4 aromatic heterocycles. The van der Waals surface area contributed by atoms with Gasteiger partial charge in [0.1, 0.15) is 5.69 Å². The van der Waals surface area contributed by atoms with Crippen molar-refractivity contribution in [2.24, 2.45) is 5.92 Å². The van der Waals surface area contributed by atoms with Crippen molar-refractivity contribution in [3.63, 3.8) is 0 Å². The predicted octanol–water partition coefficient (Wildman–Crippen LogP) is 7.28. The van der Waals surface area contributed by atoms with Crippen molar-refractivity contribution < 1.29 is 0 Å². The molecule has 2 aliphatic rings. The largest absolute Gasteiger partial charge is 0.371 e. The van der Waals surface area contributed by atoms with Gasteiger partial charge < -0.3 is 9.88 Å². The summed E-state index contributed by atoms with van der Waals surface area (Å²) in [7, 11) is 0. The Morgan fingerprint density at radius 2 is 1.70 bits per heavy atom. The highest BCUT2D eigenvalue weighted by atomic mass is 15.1. The first-order valence-corrected chi connectivity index (χ1v) is 14.0. The smallest absolute Gasteiger partial charge is 0.116 e. The van der Waals surface area contributed by atoms with E-state index in [1.54, 1.807) is 0 Å². The molecule has 1 aromatic carbocycles. The third-order valence-corrected chi connectivity index (χ3v) is 8.38. The highest BCUT2D eigenvalue weighted by Gasteiger charge is 2.18. The van der Waals surface area contributed by atoms with Crippen LogP contribution >= 0.6 is 0 Å². The van der Waals surface area contributed by atoms with E-state index in [-0.39, 0.29) is 0 Å². The molecule has 1 aliphatic carbocycles. The second-order valence-electron chi connectivity index (χ2n) is 10.9. The van der Waals surface area contributed by atoms with E-state index in [9.17, 15) is 0 Å². The van der Waals surface area contributed by atoms with E-state index in [4.69, 9.17) is 10.1 Å². The Bertz CT molecular complexity index is 1530. The predicted molar refractivity (Wildman–Crippen MR) is 151 cm³/mol. The van der Waals surface area contributed by atoms with Crippen LogP contribution in [0.3, 0.4) is 0 Å². The van der Waals surface area contributed by atoms with Crippen LogP contribution in [-0.4, -0.2) is 38.2 Å². The third kappa shape index (κ3) is 4.39. The van der Waals surface area contributed by atoms with Gasteiger partial charge >= 0.3 is 0 Å². The molecule has 0 bridgehead atoms. The third-order valence-electron chi connectivity index (χ3n) is 8.38. The second-order valence-corrected chi connectivity index (χ2v) is 10.9. The zero-order chi connectivity index (χ0) is 24.6. The summed E-state index contributed by atoms with van der Waals surface area (Å²) < 4.78 is 0. The fraction of sp³-hybridized carbons (Fsp3) is 0.387. The molecule has 0 unspecified atom stereocenters. The Labute approximate surface area is 217 Å². The number of hydrogen-bond acceptors (Lipinski definition) is 4. The molecule has 5 aromatic rings. The van der Waals surface area contributed by atoms with Crippen molar-refractivity contribution in [3.8, 4) is 22.6 Å². The van der Waals surface area contributed by atoms with Crippen LogP contribution in [0.2, 0.25) is 0 Å². The SMILES string of the molecule is c1cc(N2CCCCC2)c2cc(-c3n[nH]c4cnc(-c5cncc(CC6CCCCC6)c5)cc34)[nH]c2c1. The maximum Gasteiger partial charge on any atom is 0.116 e. The molecule has 6 nitrogen and oxygen atoms in total. The fourth-order valence-corrected chi connectivity index (χ4v) is 6.42.